The third kappa shape index (κ3) is 2.82. The van der Waals surface area contributed by atoms with Gasteiger partial charge in [0.25, 0.3) is 0 Å². The van der Waals surface area contributed by atoms with Gasteiger partial charge in [0.2, 0.25) is 5.88 Å². The quantitative estimate of drug-likeness (QED) is 0.878. The van der Waals surface area contributed by atoms with Crippen LogP contribution in [0.3, 0.4) is 0 Å². The van der Waals surface area contributed by atoms with Gasteiger partial charge in [0, 0.05) is 18.8 Å². The van der Waals surface area contributed by atoms with Gasteiger partial charge < -0.3 is 10.5 Å². The number of rotatable bonds is 3. The zero-order valence-corrected chi connectivity index (χ0v) is 10.1. The minimum Gasteiger partial charge on any atom is -0.439 e. The van der Waals surface area contributed by atoms with E-state index >= 15 is 0 Å². The van der Waals surface area contributed by atoms with Crippen LogP contribution in [0.5, 0.6) is 11.6 Å². The van der Waals surface area contributed by atoms with Gasteiger partial charge in [-0.15, -0.1) is 0 Å². The van der Waals surface area contributed by atoms with E-state index < -0.39 is 0 Å². The molecule has 3 heteroatoms. The summed E-state index contributed by atoms with van der Waals surface area (Å²) >= 11 is 0. The standard InChI is InChI=1S/C14H16N2O/c1-10-3-4-13(11(2)7-10)17-14-8-12(9-15)5-6-16-14/h3-8H,9,15H2,1-2H3. The molecule has 0 spiro atoms. The number of hydrogen-bond donors (Lipinski definition) is 1. The van der Waals surface area contributed by atoms with Crippen molar-refractivity contribution in [1.29, 1.82) is 0 Å². The van der Waals surface area contributed by atoms with Crippen molar-refractivity contribution >= 4 is 0 Å². The Hall–Kier alpha value is -1.87. The second kappa shape index (κ2) is 4.97. The molecule has 0 saturated carbocycles. The molecule has 0 aliphatic rings. The minimum absolute atomic E-state index is 0.492. The minimum atomic E-state index is 0.492. The van der Waals surface area contributed by atoms with E-state index in [9.17, 15) is 0 Å². The van der Waals surface area contributed by atoms with Crippen LogP contribution in [0.2, 0.25) is 0 Å². The summed E-state index contributed by atoms with van der Waals surface area (Å²) in [6.07, 6.45) is 1.71. The summed E-state index contributed by atoms with van der Waals surface area (Å²) in [6.45, 7) is 4.57. The van der Waals surface area contributed by atoms with Crippen molar-refractivity contribution in [2.24, 2.45) is 5.73 Å². The van der Waals surface area contributed by atoms with Crippen molar-refractivity contribution in [2.45, 2.75) is 20.4 Å². The Bertz CT molecular complexity index is 523. The Morgan fingerprint density at radius 3 is 2.71 bits per heavy atom. The summed E-state index contributed by atoms with van der Waals surface area (Å²) in [5.74, 6) is 1.41. The van der Waals surface area contributed by atoms with Crippen LogP contribution < -0.4 is 10.5 Å². The van der Waals surface area contributed by atoms with Gasteiger partial charge in [0.1, 0.15) is 5.75 Å². The zero-order chi connectivity index (χ0) is 12.3. The molecule has 0 aliphatic heterocycles. The molecule has 1 heterocycles. The van der Waals surface area contributed by atoms with Gasteiger partial charge in [-0.1, -0.05) is 17.7 Å². The van der Waals surface area contributed by atoms with Gasteiger partial charge in [-0.2, -0.15) is 0 Å². The summed E-state index contributed by atoms with van der Waals surface area (Å²) in [4.78, 5) is 4.17. The van der Waals surface area contributed by atoms with Crippen molar-refractivity contribution in [3.05, 3.63) is 53.2 Å². The molecule has 0 radical (unpaired) electrons. The number of hydrogen-bond acceptors (Lipinski definition) is 3. The van der Waals surface area contributed by atoms with Crippen LogP contribution in [0.1, 0.15) is 16.7 Å². The van der Waals surface area contributed by atoms with Crippen molar-refractivity contribution in [3.8, 4) is 11.6 Å². The van der Waals surface area contributed by atoms with Gasteiger partial charge in [-0.3, -0.25) is 0 Å². The summed E-state index contributed by atoms with van der Waals surface area (Å²) < 4.78 is 5.74. The van der Waals surface area contributed by atoms with Gasteiger partial charge in [-0.05, 0) is 37.1 Å². The van der Waals surface area contributed by atoms with Crippen molar-refractivity contribution in [1.82, 2.24) is 4.98 Å². The lowest BCUT2D eigenvalue weighted by molar-refractivity contribution is 0.458. The monoisotopic (exact) mass is 228 g/mol. The fourth-order valence-electron chi connectivity index (χ4n) is 1.66. The second-order valence-electron chi connectivity index (χ2n) is 4.08. The summed E-state index contributed by atoms with van der Waals surface area (Å²) in [7, 11) is 0. The molecule has 0 aliphatic carbocycles. The lowest BCUT2D eigenvalue weighted by Gasteiger charge is -2.09. The predicted octanol–water partition coefficient (Wildman–Crippen LogP) is 2.95. The maximum atomic E-state index is 5.74. The number of pyridine rings is 1. The van der Waals surface area contributed by atoms with Crippen LogP contribution in [0.25, 0.3) is 0 Å². The smallest absolute Gasteiger partial charge is 0.219 e. The van der Waals surface area contributed by atoms with E-state index in [1.54, 1.807) is 6.20 Å². The maximum Gasteiger partial charge on any atom is 0.219 e. The number of benzene rings is 1. The molecule has 3 nitrogen and oxygen atoms in total. The molecule has 1 aromatic carbocycles. The summed E-state index contributed by atoms with van der Waals surface area (Å²) in [5.41, 5.74) is 8.91. The highest BCUT2D eigenvalue weighted by molar-refractivity contribution is 5.38. The number of aryl methyl sites for hydroxylation is 2. The first-order valence-corrected chi connectivity index (χ1v) is 5.59. The number of aromatic nitrogens is 1. The Balaban J connectivity index is 2.25. The molecule has 2 rings (SSSR count). The van der Waals surface area contributed by atoms with Crippen LogP contribution in [-0.2, 0) is 6.54 Å². The molecule has 0 amide bonds. The Morgan fingerprint density at radius 1 is 1.18 bits per heavy atom. The summed E-state index contributed by atoms with van der Waals surface area (Å²) in [6, 6.07) is 9.81. The van der Waals surface area contributed by atoms with Crippen LogP contribution in [0.4, 0.5) is 0 Å². The van der Waals surface area contributed by atoms with Crippen LogP contribution >= 0.6 is 0 Å². The van der Waals surface area contributed by atoms with E-state index in [4.69, 9.17) is 10.5 Å². The molecule has 1 aromatic heterocycles. The fourth-order valence-corrected chi connectivity index (χ4v) is 1.66. The van der Waals surface area contributed by atoms with E-state index in [1.807, 2.05) is 31.2 Å². The van der Waals surface area contributed by atoms with Gasteiger partial charge in [0.15, 0.2) is 0 Å². The molecule has 0 bridgehead atoms. The predicted molar refractivity (Wildman–Crippen MR) is 68.1 cm³/mol. The Kier molecular flexibility index (Phi) is 3.40. The SMILES string of the molecule is Cc1ccc(Oc2cc(CN)ccn2)c(C)c1. The normalized spacial score (nSPS) is 10.3. The first kappa shape index (κ1) is 11.6. The van der Waals surface area contributed by atoms with E-state index in [2.05, 4.69) is 18.0 Å². The average molecular weight is 228 g/mol. The molecule has 2 N–H and O–H groups in total. The molecule has 0 unspecified atom stereocenters. The van der Waals surface area contributed by atoms with Crippen molar-refractivity contribution in [2.75, 3.05) is 0 Å². The van der Waals surface area contributed by atoms with Gasteiger partial charge >= 0.3 is 0 Å². The van der Waals surface area contributed by atoms with Crippen LogP contribution in [-0.4, -0.2) is 4.98 Å². The molecular formula is C14H16N2O. The average Bonchev–Trinajstić information content (AvgIpc) is 2.33. The molecular weight excluding hydrogens is 212 g/mol. The van der Waals surface area contributed by atoms with E-state index in [0.29, 0.717) is 12.4 Å². The Morgan fingerprint density at radius 2 is 2.00 bits per heavy atom. The molecule has 0 fully saturated rings. The molecule has 0 saturated heterocycles. The van der Waals surface area contributed by atoms with E-state index in [1.165, 1.54) is 5.56 Å². The topological polar surface area (TPSA) is 48.1 Å². The van der Waals surface area contributed by atoms with Gasteiger partial charge in [-0.25, -0.2) is 4.98 Å². The lowest BCUT2D eigenvalue weighted by atomic mass is 10.1. The zero-order valence-electron chi connectivity index (χ0n) is 10.1. The highest BCUT2D eigenvalue weighted by atomic mass is 16.5. The van der Waals surface area contributed by atoms with Crippen molar-refractivity contribution < 1.29 is 4.74 Å². The third-order valence-corrected chi connectivity index (χ3v) is 2.58. The van der Waals surface area contributed by atoms with Crippen LogP contribution in [0.15, 0.2) is 36.5 Å². The Labute approximate surface area is 101 Å². The summed E-state index contributed by atoms with van der Waals surface area (Å²) in [5, 5.41) is 0. The maximum absolute atomic E-state index is 5.74. The highest BCUT2D eigenvalue weighted by Crippen LogP contribution is 2.24. The first-order chi connectivity index (χ1) is 8.19. The first-order valence-electron chi connectivity index (χ1n) is 5.59. The van der Waals surface area contributed by atoms with E-state index in [-0.39, 0.29) is 0 Å². The number of nitrogens with zero attached hydrogens (tertiary/aromatic N) is 1. The van der Waals surface area contributed by atoms with E-state index in [0.717, 1.165) is 16.9 Å². The third-order valence-electron chi connectivity index (χ3n) is 2.58. The molecule has 0 atom stereocenters. The molecule has 88 valence electrons. The second-order valence-corrected chi connectivity index (χ2v) is 4.08. The molecule has 17 heavy (non-hydrogen) atoms. The number of ether oxygens (including phenoxy) is 1. The number of nitrogens with two attached hydrogens (primary N) is 1. The van der Waals surface area contributed by atoms with Crippen molar-refractivity contribution in [3.63, 3.8) is 0 Å². The van der Waals surface area contributed by atoms with Crippen LogP contribution in [0, 0.1) is 13.8 Å². The fraction of sp³-hybridized carbons (Fsp3) is 0.214. The highest BCUT2D eigenvalue weighted by Gasteiger charge is 2.03. The molecule has 2 aromatic rings. The largest absolute Gasteiger partial charge is 0.439 e. The lowest BCUT2D eigenvalue weighted by Crippen LogP contribution is -1.97. The van der Waals surface area contributed by atoms with Gasteiger partial charge in [0.05, 0.1) is 0 Å².